The summed E-state index contributed by atoms with van der Waals surface area (Å²) in [6.45, 7) is 5.59. The second kappa shape index (κ2) is 7.35. The van der Waals surface area contributed by atoms with Crippen molar-refractivity contribution in [3.63, 3.8) is 0 Å². The Morgan fingerprint density at radius 2 is 1.38 bits per heavy atom. The van der Waals surface area contributed by atoms with Crippen LogP contribution < -0.4 is 4.74 Å². The Morgan fingerprint density at radius 3 is 1.86 bits per heavy atom. The SMILES string of the molecule is CCC(=O)Oc1c(C)cc([S+]2c3ccccc3S(=O)(=O)c3ccccc32)cc1C. The van der Waals surface area contributed by atoms with E-state index in [9.17, 15) is 13.2 Å². The standard InChI is InChI=1S/C23H21O4S2/c1-4-22(24)27-23-15(2)13-17(14-16(23)3)28-18-9-5-7-11-20(18)29(25,26)21-12-8-6-10-19(21)28/h5-14H,4H2,1-3H3/q+1. The molecule has 1 aliphatic rings. The van der Waals surface area contributed by atoms with Crippen molar-refractivity contribution in [1.29, 1.82) is 0 Å². The van der Waals surface area contributed by atoms with Gasteiger partial charge >= 0.3 is 5.97 Å². The number of rotatable bonds is 3. The molecule has 29 heavy (non-hydrogen) atoms. The van der Waals surface area contributed by atoms with Gasteiger partial charge in [-0.25, -0.2) is 8.42 Å². The quantitative estimate of drug-likeness (QED) is 0.267. The molecule has 0 aromatic heterocycles. The number of carbonyl (C=O) groups is 1. The summed E-state index contributed by atoms with van der Waals surface area (Å²) in [5.41, 5.74) is 1.72. The molecule has 6 heteroatoms. The summed E-state index contributed by atoms with van der Waals surface area (Å²) < 4.78 is 31.8. The summed E-state index contributed by atoms with van der Waals surface area (Å²) in [7, 11) is -4.12. The van der Waals surface area contributed by atoms with Crippen LogP contribution in [0.2, 0.25) is 0 Å². The van der Waals surface area contributed by atoms with Crippen LogP contribution in [0.1, 0.15) is 24.5 Å². The predicted octanol–water partition coefficient (Wildman–Crippen LogP) is 4.86. The zero-order valence-electron chi connectivity index (χ0n) is 16.4. The van der Waals surface area contributed by atoms with Crippen molar-refractivity contribution in [2.24, 2.45) is 0 Å². The lowest BCUT2D eigenvalue weighted by atomic mass is 10.1. The van der Waals surface area contributed by atoms with Gasteiger partial charge in [0.25, 0.3) is 0 Å². The van der Waals surface area contributed by atoms with Gasteiger partial charge in [-0.2, -0.15) is 0 Å². The lowest BCUT2D eigenvalue weighted by molar-refractivity contribution is -0.134. The second-order valence-electron chi connectivity index (χ2n) is 6.92. The normalized spacial score (nSPS) is 14.7. The van der Waals surface area contributed by atoms with Crippen LogP contribution in [0.4, 0.5) is 0 Å². The lowest BCUT2D eigenvalue weighted by Crippen LogP contribution is -2.20. The topological polar surface area (TPSA) is 60.4 Å². The van der Waals surface area contributed by atoms with E-state index in [0.29, 0.717) is 22.0 Å². The number of hydrogen-bond donors (Lipinski definition) is 0. The van der Waals surface area contributed by atoms with Crippen LogP contribution in [-0.4, -0.2) is 14.4 Å². The van der Waals surface area contributed by atoms with Crippen molar-refractivity contribution in [2.45, 2.75) is 51.7 Å². The second-order valence-corrected chi connectivity index (χ2v) is 10.8. The van der Waals surface area contributed by atoms with Gasteiger partial charge in [-0.1, -0.05) is 31.2 Å². The summed E-state index contributed by atoms with van der Waals surface area (Å²) in [6, 6.07) is 18.4. The maximum Gasteiger partial charge on any atom is 0.310 e. The number of sulfone groups is 1. The summed E-state index contributed by atoms with van der Waals surface area (Å²) >= 11 is 0. The first kappa shape index (κ1) is 19.7. The van der Waals surface area contributed by atoms with Crippen LogP contribution >= 0.6 is 0 Å². The third-order valence-corrected chi connectivity index (χ3v) is 9.32. The van der Waals surface area contributed by atoms with Crippen LogP contribution in [-0.2, 0) is 25.5 Å². The van der Waals surface area contributed by atoms with Gasteiger partial charge in [-0.15, -0.1) is 0 Å². The Bertz CT molecular complexity index is 1150. The number of ether oxygens (including phenoxy) is 1. The monoisotopic (exact) mass is 425 g/mol. The van der Waals surface area contributed by atoms with E-state index in [1.165, 1.54) is 0 Å². The van der Waals surface area contributed by atoms with Crippen molar-refractivity contribution in [3.05, 3.63) is 71.8 Å². The molecule has 0 atom stereocenters. The van der Waals surface area contributed by atoms with Gasteiger partial charge in [0.2, 0.25) is 9.84 Å². The van der Waals surface area contributed by atoms with E-state index in [-0.39, 0.29) is 5.97 Å². The van der Waals surface area contributed by atoms with Gasteiger partial charge in [-0.05, 0) is 49.2 Å². The van der Waals surface area contributed by atoms with Gasteiger partial charge < -0.3 is 4.74 Å². The molecule has 0 fully saturated rings. The first-order chi connectivity index (χ1) is 13.8. The number of carbonyl (C=O) groups excluding carboxylic acids is 1. The summed E-state index contributed by atoms with van der Waals surface area (Å²) in [5, 5.41) is 0. The van der Waals surface area contributed by atoms with Crippen molar-refractivity contribution in [1.82, 2.24) is 0 Å². The number of fused-ring (bicyclic) bond motifs is 2. The summed E-state index contributed by atoms with van der Waals surface area (Å²) in [6.07, 6.45) is 0.309. The van der Waals surface area contributed by atoms with E-state index in [0.717, 1.165) is 25.8 Å². The first-order valence-electron chi connectivity index (χ1n) is 9.34. The number of hydrogen-bond acceptors (Lipinski definition) is 4. The van der Waals surface area contributed by atoms with Crippen LogP contribution in [0.15, 0.2) is 85.1 Å². The largest absolute Gasteiger partial charge is 0.426 e. The molecule has 4 rings (SSSR count). The van der Waals surface area contributed by atoms with E-state index < -0.39 is 20.7 Å². The molecule has 0 saturated heterocycles. The van der Waals surface area contributed by atoms with Gasteiger partial charge in [-0.3, -0.25) is 4.79 Å². The highest BCUT2D eigenvalue weighted by molar-refractivity contribution is 8.00. The minimum absolute atomic E-state index is 0.272. The molecule has 3 aromatic rings. The first-order valence-corrected chi connectivity index (χ1v) is 12.0. The van der Waals surface area contributed by atoms with Gasteiger partial charge in [0.05, 0.1) is 0 Å². The minimum atomic E-state index is -3.55. The van der Waals surface area contributed by atoms with Gasteiger partial charge in [0, 0.05) is 18.6 Å². The molecule has 0 unspecified atom stereocenters. The zero-order valence-corrected chi connectivity index (χ0v) is 18.1. The third kappa shape index (κ3) is 3.26. The van der Waals surface area contributed by atoms with E-state index in [4.69, 9.17) is 4.74 Å². The molecule has 3 aromatic carbocycles. The molecule has 0 aliphatic carbocycles. The van der Waals surface area contributed by atoms with E-state index in [2.05, 4.69) is 0 Å². The van der Waals surface area contributed by atoms with Crippen molar-refractivity contribution < 1.29 is 17.9 Å². The lowest BCUT2D eigenvalue weighted by Gasteiger charge is -2.20. The fourth-order valence-corrected chi connectivity index (χ4v) is 8.43. The maximum absolute atomic E-state index is 13.2. The molecule has 148 valence electrons. The number of benzene rings is 3. The van der Waals surface area contributed by atoms with Crippen LogP contribution in [0, 0.1) is 13.8 Å². The molecule has 4 nitrogen and oxygen atoms in total. The Labute approximate surface area is 173 Å². The highest BCUT2D eigenvalue weighted by Gasteiger charge is 2.45. The van der Waals surface area contributed by atoms with Crippen LogP contribution in [0.25, 0.3) is 0 Å². The van der Waals surface area contributed by atoms with E-state index >= 15 is 0 Å². The van der Waals surface area contributed by atoms with E-state index in [1.54, 1.807) is 31.2 Å². The summed E-state index contributed by atoms with van der Waals surface area (Å²) in [5.74, 6) is 0.307. The predicted molar refractivity (Wildman–Crippen MR) is 112 cm³/mol. The van der Waals surface area contributed by atoms with Gasteiger partial charge in [0.1, 0.15) is 26.4 Å². The van der Waals surface area contributed by atoms with Gasteiger partial charge in [0.15, 0.2) is 14.7 Å². The van der Waals surface area contributed by atoms with Crippen molar-refractivity contribution >= 4 is 26.7 Å². The minimum Gasteiger partial charge on any atom is -0.426 e. The smallest absolute Gasteiger partial charge is 0.310 e. The van der Waals surface area contributed by atoms with Crippen LogP contribution in [0.3, 0.4) is 0 Å². The molecule has 0 radical (unpaired) electrons. The van der Waals surface area contributed by atoms with Crippen molar-refractivity contribution in [3.8, 4) is 5.75 Å². The highest BCUT2D eigenvalue weighted by Crippen LogP contribution is 2.45. The number of aryl methyl sites for hydroxylation is 2. The molecule has 1 aliphatic heterocycles. The Morgan fingerprint density at radius 1 is 0.897 bits per heavy atom. The molecular weight excluding hydrogens is 404 g/mol. The number of esters is 1. The fourth-order valence-electron chi connectivity index (χ4n) is 3.55. The Hall–Kier alpha value is -2.57. The molecule has 0 amide bonds. The molecule has 0 spiro atoms. The van der Waals surface area contributed by atoms with E-state index in [1.807, 2.05) is 50.2 Å². The van der Waals surface area contributed by atoms with Crippen molar-refractivity contribution in [2.75, 3.05) is 0 Å². The zero-order chi connectivity index (χ0) is 20.8. The van der Waals surface area contributed by atoms with Crippen LogP contribution in [0.5, 0.6) is 5.75 Å². The summed E-state index contributed by atoms with van der Waals surface area (Å²) in [4.78, 5) is 15.1. The molecular formula is C23H21O4S2+. The maximum atomic E-state index is 13.2. The highest BCUT2D eigenvalue weighted by atomic mass is 32.2. The average molecular weight is 426 g/mol. The molecule has 1 heterocycles. The average Bonchev–Trinajstić information content (AvgIpc) is 2.71. The Balaban J connectivity index is 1.94. The molecule has 0 N–H and O–H groups in total. The molecule has 0 bridgehead atoms. The Kier molecular flexibility index (Phi) is 5.00. The fraction of sp³-hybridized carbons (Fsp3) is 0.174. The third-order valence-electron chi connectivity index (χ3n) is 4.89. The molecule has 0 saturated carbocycles.